The fraction of sp³-hybridized carbons (Fsp3) is 0.417. The molecule has 1 heterocycles. The van der Waals surface area contributed by atoms with E-state index in [1.165, 1.54) is 0 Å². The van der Waals surface area contributed by atoms with Gasteiger partial charge in [0.05, 0.1) is 5.56 Å². The van der Waals surface area contributed by atoms with E-state index >= 15 is 0 Å². The summed E-state index contributed by atoms with van der Waals surface area (Å²) in [4.78, 5) is 13.0. The molecule has 1 aliphatic heterocycles. The summed E-state index contributed by atoms with van der Waals surface area (Å²) in [7, 11) is 0. The molecule has 1 atom stereocenters. The molecular formula is C12H16N2O3. The summed E-state index contributed by atoms with van der Waals surface area (Å²) < 4.78 is 0. The summed E-state index contributed by atoms with van der Waals surface area (Å²) in [6.45, 7) is 1.78. The van der Waals surface area contributed by atoms with Gasteiger partial charge in [-0.05, 0) is 24.6 Å². The van der Waals surface area contributed by atoms with Crippen molar-refractivity contribution in [3.05, 3.63) is 23.8 Å². The van der Waals surface area contributed by atoms with Gasteiger partial charge in [-0.2, -0.15) is 0 Å². The van der Waals surface area contributed by atoms with Crippen LogP contribution in [0.1, 0.15) is 16.8 Å². The van der Waals surface area contributed by atoms with Gasteiger partial charge in [-0.1, -0.05) is 0 Å². The standard InChI is InChI=1S/C12H16N2O3/c13-11-2-1-9(5-10(11)12(16)17)14-4-3-8(6-14)7-15/h1-2,5,8,15H,3-4,6-7,13H2,(H,16,17). The van der Waals surface area contributed by atoms with Gasteiger partial charge < -0.3 is 20.8 Å². The maximum atomic E-state index is 11.0. The molecule has 4 N–H and O–H groups in total. The molecule has 1 unspecified atom stereocenters. The third kappa shape index (κ3) is 2.34. The van der Waals surface area contributed by atoms with Crippen LogP contribution in [-0.2, 0) is 0 Å². The van der Waals surface area contributed by atoms with Crippen LogP contribution >= 0.6 is 0 Å². The number of nitrogen functional groups attached to an aromatic ring is 1. The van der Waals surface area contributed by atoms with E-state index in [9.17, 15) is 4.79 Å². The van der Waals surface area contributed by atoms with Gasteiger partial charge >= 0.3 is 5.97 Å². The van der Waals surface area contributed by atoms with Crippen LogP contribution in [0.2, 0.25) is 0 Å². The molecule has 17 heavy (non-hydrogen) atoms. The fourth-order valence-corrected chi connectivity index (χ4v) is 2.14. The lowest BCUT2D eigenvalue weighted by Crippen LogP contribution is -2.21. The van der Waals surface area contributed by atoms with Gasteiger partial charge in [0.2, 0.25) is 0 Å². The molecule has 0 saturated carbocycles. The lowest BCUT2D eigenvalue weighted by atomic mass is 10.1. The molecule has 1 saturated heterocycles. The quantitative estimate of drug-likeness (QED) is 0.675. The highest BCUT2D eigenvalue weighted by Gasteiger charge is 2.22. The van der Waals surface area contributed by atoms with Crippen LogP contribution in [0.4, 0.5) is 11.4 Å². The second kappa shape index (κ2) is 4.63. The first-order valence-electron chi connectivity index (χ1n) is 5.60. The number of hydrogen-bond donors (Lipinski definition) is 3. The van der Waals surface area contributed by atoms with E-state index in [1.54, 1.807) is 12.1 Å². The highest BCUT2D eigenvalue weighted by Crippen LogP contribution is 2.26. The van der Waals surface area contributed by atoms with Crippen molar-refractivity contribution >= 4 is 17.3 Å². The van der Waals surface area contributed by atoms with Gasteiger partial charge in [0.1, 0.15) is 0 Å². The van der Waals surface area contributed by atoms with E-state index in [0.29, 0.717) is 0 Å². The minimum absolute atomic E-state index is 0.134. The normalized spacial score (nSPS) is 19.6. The van der Waals surface area contributed by atoms with Crippen molar-refractivity contribution in [1.82, 2.24) is 0 Å². The van der Waals surface area contributed by atoms with Crippen LogP contribution < -0.4 is 10.6 Å². The van der Waals surface area contributed by atoms with Crippen molar-refractivity contribution in [2.45, 2.75) is 6.42 Å². The van der Waals surface area contributed by atoms with Crippen molar-refractivity contribution in [3.8, 4) is 0 Å². The van der Waals surface area contributed by atoms with Crippen LogP contribution in [0.25, 0.3) is 0 Å². The van der Waals surface area contributed by atoms with Gasteiger partial charge in [-0.25, -0.2) is 4.79 Å². The number of nitrogens with zero attached hydrogens (tertiary/aromatic N) is 1. The number of carbonyl (C=O) groups is 1. The predicted molar refractivity (Wildman–Crippen MR) is 65.2 cm³/mol. The summed E-state index contributed by atoms with van der Waals surface area (Å²) in [5, 5.41) is 18.1. The Bertz CT molecular complexity index is 434. The number of aliphatic hydroxyl groups excluding tert-OH is 1. The molecule has 0 bridgehead atoms. The SMILES string of the molecule is Nc1ccc(N2CCC(CO)C2)cc1C(=O)O. The van der Waals surface area contributed by atoms with Crippen molar-refractivity contribution in [2.75, 3.05) is 30.3 Å². The molecule has 5 nitrogen and oxygen atoms in total. The van der Waals surface area contributed by atoms with Crippen molar-refractivity contribution in [3.63, 3.8) is 0 Å². The Morgan fingerprint density at radius 2 is 2.29 bits per heavy atom. The first-order valence-corrected chi connectivity index (χ1v) is 5.60. The molecule has 0 radical (unpaired) electrons. The number of anilines is 2. The number of rotatable bonds is 3. The second-order valence-corrected chi connectivity index (χ2v) is 4.36. The average Bonchev–Trinajstić information content (AvgIpc) is 2.78. The van der Waals surface area contributed by atoms with Crippen LogP contribution in [-0.4, -0.2) is 35.9 Å². The van der Waals surface area contributed by atoms with Gasteiger partial charge in [-0.15, -0.1) is 0 Å². The number of hydrogen-bond acceptors (Lipinski definition) is 4. The Kier molecular flexibility index (Phi) is 3.19. The molecule has 0 aliphatic carbocycles. The average molecular weight is 236 g/mol. The van der Waals surface area contributed by atoms with Crippen molar-refractivity contribution in [1.29, 1.82) is 0 Å². The first-order chi connectivity index (χ1) is 8.11. The van der Waals surface area contributed by atoms with Crippen LogP contribution in [0.3, 0.4) is 0 Å². The van der Waals surface area contributed by atoms with E-state index in [-0.39, 0.29) is 23.8 Å². The Balaban J connectivity index is 2.22. The van der Waals surface area contributed by atoms with E-state index in [0.717, 1.165) is 25.2 Å². The van der Waals surface area contributed by atoms with Crippen LogP contribution in [0, 0.1) is 5.92 Å². The molecule has 0 aromatic heterocycles. The molecule has 1 aromatic carbocycles. The maximum Gasteiger partial charge on any atom is 0.337 e. The van der Waals surface area contributed by atoms with Gasteiger partial charge in [0.25, 0.3) is 0 Å². The molecule has 0 amide bonds. The maximum absolute atomic E-state index is 11.0. The first kappa shape index (κ1) is 11.7. The summed E-state index contributed by atoms with van der Waals surface area (Å²) in [6, 6.07) is 5.03. The minimum atomic E-state index is -1.01. The van der Waals surface area contributed by atoms with E-state index < -0.39 is 5.97 Å². The molecular weight excluding hydrogens is 220 g/mol. The number of aliphatic hydroxyl groups is 1. The van der Waals surface area contributed by atoms with Crippen LogP contribution in [0.5, 0.6) is 0 Å². The summed E-state index contributed by atoms with van der Waals surface area (Å²) >= 11 is 0. The molecule has 92 valence electrons. The summed E-state index contributed by atoms with van der Waals surface area (Å²) in [6.07, 6.45) is 0.934. The Labute approximate surface area is 99.5 Å². The third-order valence-corrected chi connectivity index (χ3v) is 3.18. The van der Waals surface area contributed by atoms with E-state index in [2.05, 4.69) is 4.90 Å². The zero-order valence-corrected chi connectivity index (χ0v) is 9.47. The number of carboxylic acid groups (broad SMARTS) is 1. The lowest BCUT2D eigenvalue weighted by Gasteiger charge is -2.19. The minimum Gasteiger partial charge on any atom is -0.478 e. The van der Waals surface area contributed by atoms with Crippen LogP contribution in [0.15, 0.2) is 18.2 Å². The predicted octanol–water partition coefficient (Wildman–Crippen LogP) is 0.786. The smallest absolute Gasteiger partial charge is 0.337 e. The fourth-order valence-electron chi connectivity index (χ4n) is 2.14. The third-order valence-electron chi connectivity index (χ3n) is 3.18. The zero-order valence-electron chi connectivity index (χ0n) is 9.47. The van der Waals surface area contributed by atoms with Crippen molar-refractivity contribution in [2.24, 2.45) is 5.92 Å². The Morgan fingerprint density at radius 3 is 2.88 bits per heavy atom. The highest BCUT2D eigenvalue weighted by molar-refractivity contribution is 5.94. The molecule has 5 heteroatoms. The number of aromatic carboxylic acids is 1. The second-order valence-electron chi connectivity index (χ2n) is 4.36. The summed E-state index contributed by atoms with van der Waals surface area (Å²) in [5.74, 6) is -0.733. The topological polar surface area (TPSA) is 86.8 Å². The molecule has 1 aliphatic rings. The van der Waals surface area contributed by atoms with Gasteiger partial charge in [0, 0.05) is 37.0 Å². The number of nitrogens with two attached hydrogens (primary N) is 1. The zero-order chi connectivity index (χ0) is 12.4. The summed E-state index contributed by atoms with van der Waals surface area (Å²) in [5.41, 5.74) is 6.87. The van der Waals surface area contributed by atoms with Gasteiger partial charge in [0.15, 0.2) is 0 Å². The van der Waals surface area contributed by atoms with Crippen molar-refractivity contribution < 1.29 is 15.0 Å². The Hall–Kier alpha value is -1.75. The van der Waals surface area contributed by atoms with E-state index in [4.69, 9.17) is 15.9 Å². The lowest BCUT2D eigenvalue weighted by molar-refractivity contribution is 0.0698. The largest absolute Gasteiger partial charge is 0.478 e. The number of carboxylic acids is 1. The Morgan fingerprint density at radius 1 is 1.53 bits per heavy atom. The molecule has 1 fully saturated rings. The molecule has 1 aromatic rings. The van der Waals surface area contributed by atoms with Gasteiger partial charge in [-0.3, -0.25) is 0 Å². The monoisotopic (exact) mass is 236 g/mol. The van der Waals surface area contributed by atoms with E-state index in [1.807, 2.05) is 6.07 Å². The highest BCUT2D eigenvalue weighted by atomic mass is 16.4. The number of benzene rings is 1. The molecule has 2 rings (SSSR count). The molecule has 0 spiro atoms.